The molecule has 1 amide bonds. The maximum absolute atomic E-state index is 12.5. The second kappa shape index (κ2) is 5.65. The van der Waals surface area contributed by atoms with Gasteiger partial charge in [-0.1, -0.05) is 0 Å². The van der Waals surface area contributed by atoms with E-state index in [1.807, 2.05) is 6.92 Å². The molecule has 0 bridgehead atoms. The molecule has 0 aliphatic carbocycles. The minimum Gasteiger partial charge on any atom is -0.378 e. The Kier molecular flexibility index (Phi) is 3.70. The highest BCUT2D eigenvalue weighted by molar-refractivity contribution is 5.97. The number of ether oxygens (including phenoxy) is 1. The predicted octanol–water partition coefficient (Wildman–Crippen LogP) is 0.889. The fraction of sp³-hybridized carbons (Fsp3) is 0.400. The first kappa shape index (κ1) is 13.8. The van der Waals surface area contributed by atoms with Crippen LogP contribution in [0.25, 0.3) is 10.9 Å². The molecule has 0 saturated carbocycles. The fourth-order valence-corrected chi connectivity index (χ4v) is 2.47. The van der Waals surface area contributed by atoms with E-state index in [1.165, 1.54) is 10.9 Å². The molecule has 0 unspecified atom stereocenters. The Morgan fingerprint density at radius 1 is 1.33 bits per heavy atom. The molecule has 0 N–H and O–H groups in total. The van der Waals surface area contributed by atoms with Crippen molar-refractivity contribution in [2.75, 3.05) is 26.3 Å². The zero-order chi connectivity index (χ0) is 14.8. The number of amides is 1. The second-order valence-corrected chi connectivity index (χ2v) is 4.97. The molecular weight excluding hydrogens is 270 g/mol. The van der Waals surface area contributed by atoms with Crippen molar-refractivity contribution in [1.82, 2.24) is 14.5 Å². The molecule has 0 radical (unpaired) electrons. The third kappa shape index (κ3) is 2.54. The fourth-order valence-electron chi connectivity index (χ4n) is 2.47. The molecule has 3 rings (SSSR count). The van der Waals surface area contributed by atoms with E-state index in [-0.39, 0.29) is 11.5 Å². The second-order valence-electron chi connectivity index (χ2n) is 4.97. The van der Waals surface area contributed by atoms with Gasteiger partial charge in [0.1, 0.15) is 0 Å². The van der Waals surface area contributed by atoms with E-state index in [4.69, 9.17) is 4.74 Å². The summed E-state index contributed by atoms with van der Waals surface area (Å²) < 4.78 is 6.78. The standard InChI is InChI=1S/C15H17N3O3/c1-2-17-10-16-13-4-3-11(9-12(13)15(17)20)14(19)18-5-7-21-8-6-18/h3-4,9-10H,2,5-8H2,1H3. The number of nitrogens with zero attached hydrogens (tertiary/aromatic N) is 3. The summed E-state index contributed by atoms with van der Waals surface area (Å²) in [6.07, 6.45) is 1.54. The highest BCUT2D eigenvalue weighted by Gasteiger charge is 2.19. The van der Waals surface area contributed by atoms with E-state index in [9.17, 15) is 9.59 Å². The van der Waals surface area contributed by atoms with Crippen LogP contribution in [-0.4, -0.2) is 46.7 Å². The van der Waals surface area contributed by atoms with Crippen molar-refractivity contribution in [3.8, 4) is 0 Å². The maximum atomic E-state index is 12.5. The molecule has 0 atom stereocenters. The summed E-state index contributed by atoms with van der Waals surface area (Å²) in [7, 11) is 0. The van der Waals surface area contributed by atoms with Gasteiger partial charge >= 0.3 is 0 Å². The number of rotatable bonds is 2. The third-order valence-corrected chi connectivity index (χ3v) is 3.71. The van der Waals surface area contributed by atoms with Gasteiger partial charge in [0.15, 0.2) is 0 Å². The third-order valence-electron chi connectivity index (χ3n) is 3.71. The largest absolute Gasteiger partial charge is 0.378 e. The van der Waals surface area contributed by atoms with E-state index >= 15 is 0 Å². The van der Waals surface area contributed by atoms with E-state index < -0.39 is 0 Å². The summed E-state index contributed by atoms with van der Waals surface area (Å²) in [6, 6.07) is 5.10. The lowest BCUT2D eigenvalue weighted by molar-refractivity contribution is 0.0303. The SMILES string of the molecule is CCn1cnc2ccc(C(=O)N3CCOCC3)cc2c1=O. The Labute approximate surface area is 122 Å². The van der Waals surface area contributed by atoms with Crippen LogP contribution in [0, 0.1) is 0 Å². The molecule has 6 nitrogen and oxygen atoms in total. The molecule has 6 heteroatoms. The highest BCUT2D eigenvalue weighted by atomic mass is 16.5. The van der Waals surface area contributed by atoms with Gasteiger partial charge in [-0.3, -0.25) is 14.2 Å². The zero-order valence-corrected chi connectivity index (χ0v) is 11.9. The first-order valence-corrected chi connectivity index (χ1v) is 7.07. The summed E-state index contributed by atoms with van der Waals surface area (Å²) in [5.41, 5.74) is 1.03. The van der Waals surface area contributed by atoms with E-state index in [0.29, 0.717) is 49.3 Å². The Morgan fingerprint density at radius 3 is 2.81 bits per heavy atom. The number of aryl methyl sites for hydroxylation is 1. The van der Waals surface area contributed by atoms with Gasteiger partial charge in [0.25, 0.3) is 11.5 Å². The van der Waals surface area contributed by atoms with Crippen LogP contribution in [-0.2, 0) is 11.3 Å². The molecule has 1 aromatic carbocycles. The van der Waals surface area contributed by atoms with Gasteiger partial charge in [-0.15, -0.1) is 0 Å². The molecule has 1 aliphatic heterocycles. The molecular formula is C15H17N3O3. The lowest BCUT2D eigenvalue weighted by atomic mass is 10.1. The van der Waals surface area contributed by atoms with Crippen molar-refractivity contribution >= 4 is 16.8 Å². The van der Waals surface area contributed by atoms with Gasteiger partial charge in [0.05, 0.1) is 30.4 Å². The number of morpholine rings is 1. The topological polar surface area (TPSA) is 64.4 Å². The minimum atomic E-state index is -0.112. The maximum Gasteiger partial charge on any atom is 0.261 e. The van der Waals surface area contributed by atoms with Crippen LogP contribution >= 0.6 is 0 Å². The number of aromatic nitrogens is 2. The number of hydrogen-bond donors (Lipinski definition) is 0. The van der Waals surface area contributed by atoms with Gasteiger partial charge in [0.2, 0.25) is 0 Å². The van der Waals surface area contributed by atoms with E-state index in [0.717, 1.165) is 0 Å². The van der Waals surface area contributed by atoms with Crippen LogP contribution in [0.3, 0.4) is 0 Å². The minimum absolute atomic E-state index is 0.0634. The number of hydrogen-bond acceptors (Lipinski definition) is 4. The van der Waals surface area contributed by atoms with Crippen molar-refractivity contribution in [1.29, 1.82) is 0 Å². The van der Waals surface area contributed by atoms with Crippen molar-refractivity contribution in [3.05, 3.63) is 40.4 Å². The van der Waals surface area contributed by atoms with Crippen LogP contribution in [0.1, 0.15) is 17.3 Å². The first-order chi connectivity index (χ1) is 10.2. The monoisotopic (exact) mass is 287 g/mol. The molecule has 21 heavy (non-hydrogen) atoms. The summed E-state index contributed by atoms with van der Waals surface area (Å²) in [5, 5.41) is 0.485. The van der Waals surface area contributed by atoms with Gasteiger partial charge in [-0.25, -0.2) is 4.98 Å². The lowest BCUT2D eigenvalue weighted by Crippen LogP contribution is -2.40. The Hall–Kier alpha value is -2.21. The summed E-state index contributed by atoms with van der Waals surface area (Å²) in [4.78, 5) is 30.7. The normalized spacial score (nSPS) is 15.4. The average Bonchev–Trinajstić information content (AvgIpc) is 2.55. The van der Waals surface area contributed by atoms with E-state index in [2.05, 4.69) is 4.98 Å². The smallest absolute Gasteiger partial charge is 0.261 e. The van der Waals surface area contributed by atoms with Crippen LogP contribution in [0.4, 0.5) is 0 Å². The van der Waals surface area contributed by atoms with Crippen LogP contribution in [0.2, 0.25) is 0 Å². The van der Waals surface area contributed by atoms with Gasteiger partial charge in [-0.2, -0.15) is 0 Å². The molecule has 1 aromatic heterocycles. The summed E-state index contributed by atoms with van der Waals surface area (Å²) in [5.74, 6) is -0.0634. The van der Waals surface area contributed by atoms with Crippen molar-refractivity contribution in [3.63, 3.8) is 0 Å². The quantitative estimate of drug-likeness (QED) is 0.823. The van der Waals surface area contributed by atoms with Gasteiger partial charge < -0.3 is 9.64 Å². The molecule has 1 fully saturated rings. The number of benzene rings is 1. The van der Waals surface area contributed by atoms with Gasteiger partial charge in [0, 0.05) is 25.2 Å². The lowest BCUT2D eigenvalue weighted by Gasteiger charge is -2.26. The Bertz CT molecular complexity index is 733. The van der Waals surface area contributed by atoms with Crippen LogP contribution in [0.15, 0.2) is 29.3 Å². The Balaban J connectivity index is 2.01. The van der Waals surface area contributed by atoms with Gasteiger partial charge in [-0.05, 0) is 25.1 Å². The molecule has 2 aromatic rings. The van der Waals surface area contributed by atoms with Crippen LogP contribution in [0.5, 0.6) is 0 Å². The first-order valence-electron chi connectivity index (χ1n) is 7.07. The number of fused-ring (bicyclic) bond motifs is 1. The van der Waals surface area contributed by atoms with E-state index in [1.54, 1.807) is 23.1 Å². The predicted molar refractivity (Wildman–Crippen MR) is 78.4 cm³/mol. The average molecular weight is 287 g/mol. The molecule has 110 valence electrons. The number of carbonyl (C=O) groups excluding carboxylic acids is 1. The van der Waals surface area contributed by atoms with Crippen molar-refractivity contribution < 1.29 is 9.53 Å². The summed E-state index contributed by atoms with van der Waals surface area (Å²) in [6.45, 7) is 4.74. The number of carbonyl (C=O) groups is 1. The van der Waals surface area contributed by atoms with Crippen molar-refractivity contribution in [2.45, 2.75) is 13.5 Å². The molecule has 2 heterocycles. The summed E-state index contributed by atoms with van der Waals surface area (Å²) >= 11 is 0. The highest BCUT2D eigenvalue weighted by Crippen LogP contribution is 2.13. The zero-order valence-electron chi connectivity index (χ0n) is 11.9. The van der Waals surface area contributed by atoms with Crippen molar-refractivity contribution in [2.24, 2.45) is 0 Å². The molecule has 1 saturated heterocycles. The molecule has 1 aliphatic rings. The molecule has 0 spiro atoms. The van der Waals surface area contributed by atoms with Crippen LogP contribution < -0.4 is 5.56 Å². The Morgan fingerprint density at radius 2 is 2.10 bits per heavy atom.